The average molecular weight is 263 g/mol. The van der Waals surface area contributed by atoms with Gasteiger partial charge in [0.05, 0.1) is 6.04 Å². The third-order valence-corrected chi connectivity index (χ3v) is 3.59. The number of hydrogen-bond acceptors (Lipinski definition) is 2. The molecule has 2 aromatic rings. The SMILES string of the molecule is O=C1CCC=C1C(Nc1ccccc1)c1ccccc1. The number of Topliss-reactive ketones (excluding diaryl/α,β-unsaturated/α-hetero) is 1. The van der Waals surface area contributed by atoms with E-state index < -0.39 is 0 Å². The minimum absolute atomic E-state index is 0.0615. The molecule has 1 aliphatic carbocycles. The fraction of sp³-hybridized carbons (Fsp3) is 0.167. The maximum atomic E-state index is 12.1. The Kier molecular flexibility index (Phi) is 3.64. The first-order valence-electron chi connectivity index (χ1n) is 6.94. The molecule has 0 fully saturated rings. The Hall–Kier alpha value is -2.35. The Bertz CT molecular complexity index is 616. The van der Waals surface area contributed by atoms with Crippen molar-refractivity contribution in [2.45, 2.75) is 18.9 Å². The molecule has 0 saturated carbocycles. The fourth-order valence-electron chi connectivity index (χ4n) is 2.58. The molecule has 0 saturated heterocycles. The summed E-state index contributed by atoms with van der Waals surface area (Å²) in [5.41, 5.74) is 3.04. The van der Waals surface area contributed by atoms with Crippen LogP contribution in [0.25, 0.3) is 0 Å². The maximum absolute atomic E-state index is 12.1. The summed E-state index contributed by atoms with van der Waals surface area (Å²) in [5.74, 6) is 0.252. The molecular formula is C18H17NO. The zero-order valence-electron chi connectivity index (χ0n) is 11.3. The lowest BCUT2D eigenvalue weighted by molar-refractivity contribution is -0.115. The highest BCUT2D eigenvalue weighted by Gasteiger charge is 2.25. The minimum Gasteiger partial charge on any atom is -0.374 e. The third kappa shape index (κ3) is 2.64. The Morgan fingerprint density at radius 2 is 1.55 bits per heavy atom. The average Bonchev–Trinajstić information content (AvgIpc) is 2.93. The Balaban J connectivity index is 1.94. The molecule has 1 N–H and O–H groups in total. The van der Waals surface area contributed by atoms with Crippen molar-refractivity contribution >= 4 is 11.5 Å². The van der Waals surface area contributed by atoms with Gasteiger partial charge in [-0.1, -0.05) is 54.6 Å². The highest BCUT2D eigenvalue weighted by atomic mass is 16.1. The molecule has 0 aliphatic heterocycles. The van der Waals surface area contributed by atoms with Crippen molar-refractivity contribution in [1.82, 2.24) is 0 Å². The monoisotopic (exact) mass is 263 g/mol. The van der Waals surface area contributed by atoms with Crippen molar-refractivity contribution in [3.05, 3.63) is 77.9 Å². The lowest BCUT2D eigenvalue weighted by atomic mass is 9.97. The van der Waals surface area contributed by atoms with Crippen molar-refractivity contribution in [3.8, 4) is 0 Å². The summed E-state index contributed by atoms with van der Waals surface area (Å²) in [7, 11) is 0. The van der Waals surface area contributed by atoms with Crippen molar-refractivity contribution in [3.63, 3.8) is 0 Å². The molecule has 0 aromatic heterocycles. The molecule has 2 heteroatoms. The lowest BCUT2D eigenvalue weighted by Crippen LogP contribution is -2.17. The van der Waals surface area contributed by atoms with Crippen LogP contribution >= 0.6 is 0 Å². The number of hydrogen-bond donors (Lipinski definition) is 1. The van der Waals surface area contributed by atoms with Crippen LogP contribution in [-0.2, 0) is 4.79 Å². The van der Waals surface area contributed by atoms with E-state index in [1.54, 1.807) is 0 Å². The van der Waals surface area contributed by atoms with Crippen LogP contribution in [0, 0.1) is 0 Å². The van der Waals surface area contributed by atoms with Crippen LogP contribution in [0.3, 0.4) is 0 Å². The number of carbonyl (C=O) groups is 1. The van der Waals surface area contributed by atoms with E-state index in [-0.39, 0.29) is 11.8 Å². The predicted octanol–water partition coefficient (Wildman–Crippen LogP) is 4.13. The zero-order valence-corrected chi connectivity index (χ0v) is 11.3. The van der Waals surface area contributed by atoms with Gasteiger partial charge in [0.1, 0.15) is 0 Å². The molecule has 3 rings (SSSR count). The van der Waals surface area contributed by atoms with Gasteiger partial charge in [-0.2, -0.15) is 0 Å². The minimum atomic E-state index is -0.0615. The van der Waals surface area contributed by atoms with Crippen LogP contribution in [0.2, 0.25) is 0 Å². The summed E-state index contributed by atoms with van der Waals surface area (Å²) >= 11 is 0. The first-order chi connectivity index (χ1) is 9.84. The summed E-state index contributed by atoms with van der Waals surface area (Å²) in [6.07, 6.45) is 3.55. The highest BCUT2D eigenvalue weighted by Crippen LogP contribution is 2.31. The number of rotatable bonds is 4. The summed E-state index contributed by atoms with van der Waals surface area (Å²) in [5, 5.41) is 3.48. The van der Waals surface area contributed by atoms with Gasteiger partial charge in [-0.3, -0.25) is 4.79 Å². The largest absolute Gasteiger partial charge is 0.374 e. The molecule has 0 amide bonds. The van der Waals surface area contributed by atoms with Gasteiger partial charge in [0.15, 0.2) is 5.78 Å². The molecule has 20 heavy (non-hydrogen) atoms. The lowest BCUT2D eigenvalue weighted by Gasteiger charge is -2.21. The molecule has 0 bridgehead atoms. The number of anilines is 1. The smallest absolute Gasteiger partial charge is 0.161 e. The van der Waals surface area contributed by atoms with E-state index in [1.165, 1.54) is 0 Å². The van der Waals surface area contributed by atoms with Crippen LogP contribution in [-0.4, -0.2) is 5.78 Å². The van der Waals surface area contributed by atoms with E-state index in [0.29, 0.717) is 6.42 Å². The molecule has 1 unspecified atom stereocenters. The van der Waals surface area contributed by atoms with Crippen LogP contribution in [0.1, 0.15) is 24.4 Å². The number of para-hydroxylation sites is 1. The highest BCUT2D eigenvalue weighted by molar-refractivity contribution is 5.99. The fourth-order valence-corrected chi connectivity index (χ4v) is 2.58. The number of nitrogens with one attached hydrogen (secondary N) is 1. The van der Waals surface area contributed by atoms with Gasteiger partial charge in [0.25, 0.3) is 0 Å². The molecule has 0 spiro atoms. The van der Waals surface area contributed by atoms with Crippen LogP contribution < -0.4 is 5.32 Å². The summed E-state index contributed by atoms with van der Waals surface area (Å²) in [6.45, 7) is 0. The standard InChI is InChI=1S/C18H17NO/c20-17-13-7-12-16(17)18(14-8-3-1-4-9-14)19-15-10-5-2-6-11-15/h1-6,8-12,18-19H,7,13H2. The predicted molar refractivity (Wildman–Crippen MR) is 81.6 cm³/mol. The Morgan fingerprint density at radius 1 is 0.900 bits per heavy atom. The molecule has 0 radical (unpaired) electrons. The molecular weight excluding hydrogens is 246 g/mol. The van der Waals surface area contributed by atoms with Gasteiger partial charge in [0.2, 0.25) is 0 Å². The molecule has 100 valence electrons. The number of benzene rings is 2. The molecule has 2 aromatic carbocycles. The van der Waals surface area contributed by atoms with Crippen molar-refractivity contribution in [1.29, 1.82) is 0 Å². The van der Waals surface area contributed by atoms with Gasteiger partial charge < -0.3 is 5.32 Å². The van der Waals surface area contributed by atoms with Gasteiger partial charge in [0, 0.05) is 17.7 Å². The zero-order chi connectivity index (χ0) is 13.8. The van der Waals surface area contributed by atoms with E-state index in [0.717, 1.165) is 23.2 Å². The van der Waals surface area contributed by atoms with Gasteiger partial charge >= 0.3 is 0 Å². The Morgan fingerprint density at radius 3 is 2.15 bits per heavy atom. The van der Waals surface area contributed by atoms with Crippen LogP contribution in [0.4, 0.5) is 5.69 Å². The molecule has 1 atom stereocenters. The molecule has 1 aliphatic rings. The second kappa shape index (κ2) is 5.74. The van der Waals surface area contributed by atoms with E-state index >= 15 is 0 Å². The van der Waals surface area contributed by atoms with Gasteiger partial charge in [-0.25, -0.2) is 0 Å². The van der Waals surface area contributed by atoms with Crippen LogP contribution in [0.5, 0.6) is 0 Å². The van der Waals surface area contributed by atoms with Crippen molar-refractivity contribution < 1.29 is 4.79 Å². The van der Waals surface area contributed by atoms with Crippen LogP contribution in [0.15, 0.2) is 72.3 Å². The maximum Gasteiger partial charge on any atom is 0.161 e. The van der Waals surface area contributed by atoms with E-state index in [2.05, 4.69) is 23.5 Å². The quantitative estimate of drug-likeness (QED) is 0.898. The van der Waals surface area contributed by atoms with Crippen molar-refractivity contribution in [2.75, 3.05) is 5.32 Å². The topological polar surface area (TPSA) is 29.1 Å². The normalized spacial score (nSPS) is 15.8. The molecule has 0 heterocycles. The van der Waals surface area contributed by atoms with Gasteiger partial charge in [-0.05, 0) is 24.1 Å². The number of allylic oxidation sites excluding steroid dienone is 1. The second-order valence-corrected chi connectivity index (χ2v) is 4.98. The van der Waals surface area contributed by atoms with Gasteiger partial charge in [-0.15, -0.1) is 0 Å². The first-order valence-corrected chi connectivity index (χ1v) is 6.94. The summed E-state index contributed by atoms with van der Waals surface area (Å²) in [4.78, 5) is 12.1. The Labute approximate surface area is 119 Å². The second-order valence-electron chi connectivity index (χ2n) is 4.98. The van der Waals surface area contributed by atoms with E-state index in [4.69, 9.17) is 0 Å². The van der Waals surface area contributed by atoms with Crippen molar-refractivity contribution in [2.24, 2.45) is 0 Å². The molecule has 2 nitrogen and oxygen atoms in total. The number of ketones is 1. The number of carbonyl (C=O) groups excluding carboxylic acids is 1. The van der Waals surface area contributed by atoms with E-state index in [1.807, 2.05) is 48.5 Å². The summed E-state index contributed by atoms with van der Waals surface area (Å²) in [6, 6.07) is 20.1. The third-order valence-electron chi connectivity index (χ3n) is 3.59. The first kappa shape index (κ1) is 12.7. The summed E-state index contributed by atoms with van der Waals surface area (Å²) < 4.78 is 0. The van der Waals surface area contributed by atoms with E-state index in [9.17, 15) is 4.79 Å².